The molecule has 0 bridgehead atoms. The van der Waals surface area contributed by atoms with E-state index in [2.05, 4.69) is 211 Å². The standard InChI is InChI=1S/C55H37N3/c1-2-52-56-48-27-14-28-50-55(48)58(52)49-32-30-38(34-51(49)57(50)39-19-4-3-5-20-39)37-29-31-46-47(33-37)54(43-26-13-18-36-16-7-9-22-41(36)43)45-24-11-10-23-44(45)53(46)42-25-12-17-35-15-6-8-21-40(35)42/h3-34H,2H2,1H3. The van der Waals surface area contributed by atoms with Gasteiger partial charge in [0.25, 0.3) is 0 Å². The van der Waals surface area contributed by atoms with Crippen LogP contribution >= 0.6 is 0 Å². The highest BCUT2D eigenvalue weighted by atomic mass is 15.2. The van der Waals surface area contributed by atoms with Gasteiger partial charge in [-0.2, -0.15) is 0 Å². The summed E-state index contributed by atoms with van der Waals surface area (Å²) in [7, 11) is 0. The average molecular weight is 740 g/mol. The van der Waals surface area contributed by atoms with Gasteiger partial charge in [0.1, 0.15) is 5.82 Å². The van der Waals surface area contributed by atoms with Gasteiger partial charge in [-0.15, -0.1) is 0 Å². The van der Waals surface area contributed by atoms with Crippen molar-refractivity contribution in [3.05, 3.63) is 200 Å². The van der Waals surface area contributed by atoms with E-state index in [-0.39, 0.29) is 0 Å². The van der Waals surface area contributed by atoms with Gasteiger partial charge in [0.15, 0.2) is 0 Å². The zero-order valence-corrected chi connectivity index (χ0v) is 32.0. The molecule has 0 saturated heterocycles. The second-order valence-corrected chi connectivity index (χ2v) is 15.3. The fourth-order valence-corrected chi connectivity index (χ4v) is 9.72. The maximum absolute atomic E-state index is 5.12. The minimum atomic E-state index is 0.843. The van der Waals surface area contributed by atoms with E-state index in [1.807, 2.05) is 0 Å². The molecule has 12 rings (SSSR count). The van der Waals surface area contributed by atoms with E-state index in [0.717, 1.165) is 46.0 Å². The van der Waals surface area contributed by atoms with Crippen molar-refractivity contribution < 1.29 is 0 Å². The van der Waals surface area contributed by atoms with Crippen LogP contribution in [0.5, 0.6) is 0 Å². The fraction of sp³-hybridized carbons (Fsp3) is 0.0364. The van der Waals surface area contributed by atoms with Crippen molar-refractivity contribution in [1.82, 2.24) is 9.55 Å². The molecule has 11 aromatic rings. The Balaban J connectivity index is 1.17. The van der Waals surface area contributed by atoms with E-state index in [4.69, 9.17) is 4.98 Å². The first-order valence-corrected chi connectivity index (χ1v) is 20.2. The van der Waals surface area contributed by atoms with Crippen molar-refractivity contribution in [2.24, 2.45) is 0 Å². The quantitative estimate of drug-likeness (QED) is 0.164. The summed E-state index contributed by atoms with van der Waals surface area (Å²) in [5, 5.41) is 9.98. The molecule has 3 nitrogen and oxygen atoms in total. The number of aryl methyl sites for hydroxylation is 1. The summed E-state index contributed by atoms with van der Waals surface area (Å²) in [6.07, 6.45) is 0.843. The van der Waals surface area contributed by atoms with E-state index >= 15 is 0 Å². The molecule has 0 radical (unpaired) electrons. The molecule has 0 atom stereocenters. The van der Waals surface area contributed by atoms with Gasteiger partial charge < -0.3 is 4.90 Å². The van der Waals surface area contributed by atoms with E-state index < -0.39 is 0 Å². The largest absolute Gasteiger partial charge is 0.306 e. The van der Waals surface area contributed by atoms with Crippen molar-refractivity contribution in [1.29, 1.82) is 0 Å². The number of fused-ring (bicyclic) bond motifs is 6. The van der Waals surface area contributed by atoms with Crippen LogP contribution in [0.3, 0.4) is 0 Å². The highest BCUT2D eigenvalue weighted by Gasteiger charge is 2.29. The number of benzene rings is 10. The molecular formula is C55H37N3. The molecule has 1 aromatic heterocycles. The zero-order valence-electron chi connectivity index (χ0n) is 32.0. The summed E-state index contributed by atoms with van der Waals surface area (Å²) >= 11 is 0. The van der Waals surface area contributed by atoms with Crippen LogP contribution in [0.25, 0.3) is 93.2 Å². The molecular weight excluding hydrogens is 703 g/mol. The molecule has 0 unspecified atom stereocenters. The monoisotopic (exact) mass is 739 g/mol. The molecule has 0 spiro atoms. The Labute approximate surface area is 336 Å². The average Bonchev–Trinajstić information content (AvgIpc) is 3.68. The first-order valence-electron chi connectivity index (χ1n) is 20.2. The third-order valence-electron chi connectivity index (χ3n) is 12.2. The fourth-order valence-electron chi connectivity index (χ4n) is 9.72. The van der Waals surface area contributed by atoms with Gasteiger partial charge in [0.2, 0.25) is 0 Å². The third-order valence-corrected chi connectivity index (χ3v) is 12.2. The molecule has 0 amide bonds. The Hall–Kier alpha value is -7.49. The van der Waals surface area contributed by atoms with Crippen LogP contribution in [0.15, 0.2) is 194 Å². The van der Waals surface area contributed by atoms with Crippen LogP contribution in [-0.2, 0) is 6.42 Å². The molecule has 1 aliphatic heterocycles. The second-order valence-electron chi connectivity index (χ2n) is 15.3. The van der Waals surface area contributed by atoms with E-state index in [1.54, 1.807) is 0 Å². The van der Waals surface area contributed by atoms with Gasteiger partial charge in [-0.3, -0.25) is 4.57 Å². The van der Waals surface area contributed by atoms with Crippen molar-refractivity contribution in [3.8, 4) is 39.1 Å². The van der Waals surface area contributed by atoms with Crippen LogP contribution in [0, 0.1) is 0 Å². The van der Waals surface area contributed by atoms with Gasteiger partial charge in [-0.05, 0) is 119 Å². The lowest BCUT2D eigenvalue weighted by molar-refractivity contribution is 0.900. The summed E-state index contributed by atoms with van der Waals surface area (Å²) < 4.78 is 2.38. The number of nitrogens with zero attached hydrogens (tertiary/aromatic N) is 3. The number of rotatable bonds is 5. The van der Waals surface area contributed by atoms with Gasteiger partial charge in [0, 0.05) is 12.1 Å². The van der Waals surface area contributed by atoms with Gasteiger partial charge >= 0.3 is 0 Å². The van der Waals surface area contributed by atoms with Crippen LogP contribution in [0.2, 0.25) is 0 Å². The smallest absolute Gasteiger partial charge is 0.114 e. The van der Waals surface area contributed by atoms with E-state index in [9.17, 15) is 0 Å². The lowest BCUT2D eigenvalue weighted by Gasteiger charge is -2.33. The van der Waals surface area contributed by atoms with E-state index in [1.165, 1.54) is 76.5 Å². The minimum Gasteiger partial charge on any atom is -0.306 e. The van der Waals surface area contributed by atoms with Crippen molar-refractivity contribution in [2.75, 3.05) is 4.90 Å². The normalized spacial score (nSPS) is 12.3. The zero-order chi connectivity index (χ0) is 38.3. The van der Waals surface area contributed by atoms with Crippen molar-refractivity contribution in [3.63, 3.8) is 0 Å². The highest BCUT2D eigenvalue weighted by Crippen LogP contribution is 2.50. The SMILES string of the molecule is CCc1nc2cccc3c2n1-c1ccc(-c2ccc4c(-c5cccc6ccccc56)c5ccccc5c(-c5cccc6ccccc56)c4c2)cc1N3c1ccccc1. The molecule has 0 aliphatic carbocycles. The molecule has 2 heterocycles. The number of anilines is 3. The van der Waals surface area contributed by atoms with Crippen LogP contribution in [0.1, 0.15) is 12.7 Å². The van der Waals surface area contributed by atoms with Crippen LogP contribution < -0.4 is 4.90 Å². The van der Waals surface area contributed by atoms with Crippen LogP contribution in [-0.4, -0.2) is 9.55 Å². The third kappa shape index (κ3) is 4.77. The van der Waals surface area contributed by atoms with E-state index in [0.29, 0.717) is 0 Å². The maximum Gasteiger partial charge on any atom is 0.114 e. The molecule has 3 heteroatoms. The lowest BCUT2D eigenvalue weighted by atomic mass is 9.83. The summed E-state index contributed by atoms with van der Waals surface area (Å²) in [5.41, 5.74) is 14.1. The lowest BCUT2D eigenvalue weighted by Crippen LogP contribution is -2.19. The topological polar surface area (TPSA) is 21.1 Å². The molecule has 0 fully saturated rings. The predicted molar refractivity (Wildman–Crippen MR) is 245 cm³/mol. The van der Waals surface area contributed by atoms with Gasteiger partial charge in [-0.1, -0.05) is 159 Å². The summed E-state index contributed by atoms with van der Waals surface area (Å²) in [6.45, 7) is 2.20. The van der Waals surface area contributed by atoms with Gasteiger partial charge in [0.05, 0.1) is 28.1 Å². The Morgan fingerprint density at radius 1 is 0.414 bits per heavy atom. The molecule has 1 aliphatic rings. The summed E-state index contributed by atoms with van der Waals surface area (Å²) in [5.74, 6) is 1.07. The van der Waals surface area contributed by atoms with Gasteiger partial charge in [-0.25, -0.2) is 4.98 Å². The Kier molecular flexibility index (Phi) is 7.21. The minimum absolute atomic E-state index is 0.843. The molecule has 58 heavy (non-hydrogen) atoms. The first kappa shape index (κ1) is 32.7. The summed E-state index contributed by atoms with van der Waals surface area (Å²) in [4.78, 5) is 7.53. The Morgan fingerprint density at radius 2 is 0.966 bits per heavy atom. The number of para-hydroxylation sites is 2. The van der Waals surface area contributed by atoms with Crippen molar-refractivity contribution in [2.45, 2.75) is 13.3 Å². The Bertz CT molecular complexity index is 3440. The van der Waals surface area contributed by atoms with Crippen molar-refractivity contribution >= 4 is 71.2 Å². The molecule has 10 aromatic carbocycles. The first-order chi connectivity index (χ1) is 28.7. The second kappa shape index (κ2) is 12.8. The number of hydrogen-bond acceptors (Lipinski definition) is 2. The van der Waals surface area contributed by atoms with Crippen LogP contribution in [0.4, 0.5) is 17.1 Å². The predicted octanol–water partition coefficient (Wildman–Crippen LogP) is 15.0. The molecule has 0 saturated carbocycles. The molecule has 0 N–H and O–H groups in total. The number of aromatic nitrogens is 2. The molecule has 272 valence electrons. The number of imidazole rings is 1. The summed E-state index contributed by atoms with van der Waals surface area (Å²) in [6, 6.07) is 71.4. The number of hydrogen-bond donors (Lipinski definition) is 0. The highest BCUT2D eigenvalue weighted by molar-refractivity contribution is 6.25. The Morgan fingerprint density at radius 3 is 1.66 bits per heavy atom. The maximum atomic E-state index is 5.12.